The topological polar surface area (TPSA) is 58.6 Å². The molecule has 0 spiro atoms. The number of alkyl carbamates (subject to hydrolysis) is 1. The smallest absolute Gasteiger partial charge is 0.409 e. The fourth-order valence-corrected chi connectivity index (χ4v) is 0.543. The van der Waals surface area contributed by atoms with Crippen molar-refractivity contribution in [1.82, 2.24) is 5.32 Å². The lowest BCUT2D eigenvalue weighted by atomic mass is 10.2. The zero-order valence-corrected chi connectivity index (χ0v) is 8.30. The van der Waals surface area contributed by atoms with E-state index < -0.39 is 24.1 Å². The molecule has 0 fully saturated rings. The second-order valence-corrected chi connectivity index (χ2v) is 3.77. The maximum atomic E-state index is 12.4. The molecule has 0 aromatic rings. The highest BCUT2D eigenvalue weighted by atomic mass is 19.1. The zero-order chi connectivity index (χ0) is 10.6. The van der Waals surface area contributed by atoms with E-state index >= 15 is 0 Å². The third-order valence-electron chi connectivity index (χ3n) is 1.10. The largest absolute Gasteiger partial charge is 0.444 e. The first-order valence-corrected chi connectivity index (χ1v) is 4.04. The molecular formula is C8H16FNO3. The van der Waals surface area contributed by atoms with Crippen LogP contribution in [0.15, 0.2) is 0 Å². The monoisotopic (exact) mass is 193 g/mol. The Balaban J connectivity index is 3.89. The Hall–Kier alpha value is -0.840. The van der Waals surface area contributed by atoms with E-state index in [1.807, 2.05) is 5.32 Å². The van der Waals surface area contributed by atoms with Crippen LogP contribution >= 0.6 is 0 Å². The maximum Gasteiger partial charge on any atom is 0.409 e. The van der Waals surface area contributed by atoms with Gasteiger partial charge in [0, 0.05) is 0 Å². The summed E-state index contributed by atoms with van der Waals surface area (Å²) in [6.07, 6.45) is -3.87. The first-order chi connectivity index (χ1) is 5.72. The fourth-order valence-electron chi connectivity index (χ4n) is 0.543. The van der Waals surface area contributed by atoms with E-state index in [2.05, 4.69) is 0 Å². The van der Waals surface area contributed by atoms with Crippen LogP contribution in [0.1, 0.15) is 27.7 Å². The van der Waals surface area contributed by atoms with E-state index in [1.165, 1.54) is 0 Å². The molecule has 0 bridgehead atoms. The van der Waals surface area contributed by atoms with Crippen LogP contribution in [-0.4, -0.2) is 29.2 Å². The standard InChI is InChI=1S/C8H16FNO3/c1-5(9)6(11)10-7(12)13-8(2,3)4/h5-6,11H,1-4H3,(H,10,12). The van der Waals surface area contributed by atoms with Crippen LogP contribution in [0.25, 0.3) is 0 Å². The number of aliphatic hydroxyl groups excluding tert-OH is 1. The molecule has 2 N–H and O–H groups in total. The van der Waals surface area contributed by atoms with Crippen LogP contribution in [0.3, 0.4) is 0 Å². The van der Waals surface area contributed by atoms with Crippen molar-refractivity contribution < 1.29 is 19.0 Å². The molecule has 0 rings (SSSR count). The highest BCUT2D eigenvalue weighted by molar-refractivity contribution is 5.67. The molecule has 2 atom stereocenters. The van der Waals surface area contributed by atoms with Gasteiger partial charge in [0.1, 0.15) is 11.8 Å². The number of alkyl halides is 1. The summed E-state index contributed by atoms with van der Waals surface area (Å²) in [5.41, 5.74) is -0.649. The van der Waals surface area contributed by atoms with Gasteiger partial charge in [0.05, 0.1) is 0 Å². The van der Waals surface area contributed by atoms with E-state index in [1.54, 1.807) is 20.8 Å². The Morgan fingerprint density at radius 2 is 2.00 bits per heavy atom. The molecule has 0 aromatic carbocycles. The van der Waals surface area contributed by atoms with Gasteiger partial charge in [0.2, 0.25) is 0 Å². The number of nitrogens with one attached hydrogen (secondary N) is 1. The molecule has 1 amide bonds. The predicted molar refractivity (Wildman–Crippen MR) is 45.9 cm³/mol. The molecule has 0 saturated heterocycles. The van der Waals surface area contributed by atoms with Crippen LogP contribution in [0.5, 0.6) is 0 Å². The van der Waals surface area contributed by atoms with E-state index in [0.717, 1.165) is 6.92 Å². The van der Waals surface area contributed by atoms with Gasteiger partial charge in [-0.05, 0) is 27.7 Å². The van der Waals surface area contributed by atoms with E-state index in [0.29, 0.717) is 0 Å². The summed E-state index contributed by atoms with van der Waals surface area (Å²) in [5, 5.41) is 10.9. The van der Waals surface area contributed by atoms with Crippen LogP contribution in [0.4, 0.5) is 9.18 Å². The maximum absolute atomic E-state index is 12.4. The summed E-state index contributed by atoms with van der Waals surface area (Å²) in [7, 11) is 0. The molecular weight excluding hydrogens is 177 g/mol. The van der Waals surface area contributed by atoms with E-state index in [-0.39, 0.29) is 0 Å². The van der Waals surface area contributed by atoms with Crippen LogP contribution in [0, 0.1) is 0 Å². The van der Waals surface area contributed by atoms with Crippen molar-refractivity contribution in [3.63, 3.8) is 0 Å². The van der Waals surface area contributed by atoms with Gasteiger partial charge < -0.3 is 9.84 Å². The molecule has 0 heterocycles. The minimum atomic E-state index is -1.52. The number of amides is 1. The van der Waals surface area contributed by atoms with Gasteiger partial charge in [-0.1, -0.05) is 0 Å². The van der Waals surface area contributed by atoms with Crippen LogP contribution in [0.2, 0.25) is 0 Å². The van der Waals surface area contributed by atoms with Crippen molar-refractivity contribution in [2.24, 2.45) is 0 Å². The van der Waals surface area contributed by atoms with E-state index in [9.17, 15) is 9.18 Å². The van der Waals surface area contributed by atoms with Crippen LogP contribution < -0.4 is 5.32 Å². The highest BCUT2D eigenvalue weighted by Gasteiger charge is 2.20. The average molecular weight is 193 g/mol. The molecule has 5 heteroatoms. The lowest BCUT2D eigenvalue weighted by molar-refractivity contribution is 0.0178. The molecule has 0 aliphatic carbocycles. The highest BCUT2D eigenvalue weighted by Crippen LogP contribution is 2.07. The quantitative estimate of drug-likeness (QED) is 0.647. The Labute approximate surface area is 77.1 Å². The minimum Gasteiger partial charge on any atom is -0.444 e. The van der Waals surface area contributed by atoms with Crippen molar-refractivity contribution in [2.45, 2.75) is 45.7 Å². The fraction of sp³-hybridized carbons (Fsp3) is 0.875. The molecule has 78 valence electrons. The zero-order valence-electron chi connectivity index (χ0n) is 8.30. The van der Waals surface area contributed by atoms with Gasteiger partial charge in [0.25, 0.3) is 0 Å². The van der Waals surface area contributed by atoms with Gasteiger partial charge in [-0.15, -0.1) is 0 Å². The Morgan fingerprint density at radius 1 is 1.54 bits per heavy atom. The van der Waals surface area contributed by atoms with Gasteiger partial charge in [-0.3, -0.25) is 5.32 Å². The van der Waals surface area contributed by atoms with Gasteiger partial charge in [-0.25, -0.2) is 9.18 Å². The lowest BCUT2D eigenvalue weighted by Crippen LogP contribution is -2.43. The first kappa shape index (κ1) is 12.2. The third kappa shape index (κ3) is 6.33. The van der Waals surface area contributed by atoms with Crippen LogP contribution in [-0.2, 0) is 4.74 Å². The predicted octanol–water partition coefficient (Wildman–Crippen LogP) is 1.19. The molecule has 13 heavy (non-hydrogen) atoms. The summed E-state index contributed by atoms with van der Waals surface area (Å²) < 4.78 is 17.1. The molecule has 0 aliphatic rings. The van der Waals surface area contributed by atoms with Crippen molar-refractivity contribution in [3.05, 3.63) is 0 Å². The minimum absolute atomic E-state index is 0.649. The number of ether oxygens (including phenoxy) is 1. The molecule has 0 aliphatic heterocycles. The first-order valence-electron chi connectivity index (χ1n) is 4.04. The molecule has 0 aromatic heterocycles. The Morgan fingerprint density at radius 3 is 2.31 bits per heavy atom. The summed E-state index contributed by atoms with van der Waals surface area (Å²) in [6.45, 7) is 6.18. The van der Waals surface area contributed by atoms with Gasteiger partial charge >= 0.3 is 6.09 Å². The van der Waals surface area contributed by atoms with Gasteiger partial charge in [0.15, 0.2) is 6.23 Å². The second-order valence-electron chi connectivity index (χ2n) is 3.77. The number of halogens is 1. The Kier molecular flexibility index (Phi) is 4.13. The number of carbonyl (C=O) groups is 1. The van der Waals surface area contributed by atoms with Crippen molar-refractivity contribution in [3.8, 4) is 0 Å². The Bertz CT molecular complexity index is 177. The number of carbonyl (C=O) groups excluding carboxylic acids is 1. The van der Waals surface area contributed by atoms with E-state index in [4.69, 9.17) is 9.84 Å². The number of aliphatic hydroxyl groups is 1. The van der Waals surface area contributed by atoms with Crippen molar-refractivity contribution in [1.29, 1.82) is 0 Å². The number of rotatable bonds is 2. The number of hydrogen-bond acceptors (Lipinski definition) is 3. The molecule has 4 nitrogen and oxygen atoms in total. The summed E-state index contributed by atoms with van der Waals surface area (Å²) in [5.74, 6) is 0. The SMILES string of the molecule is CC(F)C(O)NC(=O)OC(C)(C)C. The lowest BCUT2D eigenvalue weighted by Gasteiger charge is -2.21. The summed E-state index contributed by atoms with van der Waals surface area (Å²) in [4.78, 5) is 10.9. The molecule has 0 radical (unpaired) electrons. The summed E-state index contributed by atoms with van der Waals surface area (Å²) in [6, 6.07) is 0. The molecule has 2 unspecified atom stereocenters. The normalized spacial score (nSPS) is 16.2. The number of hydrogen-bond donors (Lipinski definition) is 2. The van der Waals surface area contributed by atoms with Crippen molar-refractivity contribution in [2.75, 3.05) is 0 Å². The second kappa shape index (κ2) is 4.41. The molecule has 0 saturated carbocycles. The van der Waals surface area contributed by atoms with Crippen molar-refractivity contribution >= 4 is 6.09 Å². The summed E-state index contributed by atoms with van der Waals surface area (Å²) >= 11 is 0. The third-order valence-corrected chi connectivity index (χ3v) is 1.10. The van der Waals surface area contributed by atoms with Gasteiger partial charge in [-0.2, -0.15) is 0 Å². The average Bonchev–Trinajstić information content (AvgIpc) is 1.81.